The van der Waals surface area contributed by atoms with Gasteiger partial charge in [0.25, 0.3) is 5.89 Å². The lowest BCUT2D eigenvalue weighted by molar-refractivity contribution is 0.216. The van der Waals surface area contributed by atoms with Gasteiger partial charge in [-0.25, -0.2) is 0 Å². The molecule has 6 heteroatoms. The Bertz CT molecular complexity index is 600. The molecule has 0 atom stereocenters. The maximum Gasteiger partial charge on any atom is 0.271 e. The van der Waals surface area contributed by atoms with E-state index >= 15 is 0 Å². The second kappa shape index (κ2) is 5.77. The molecule has 0 bridgehead atoms. The van der Waals surface area contributed by atoms with E-state index in [0.717, 1.165) is 42.2 Å². The summed E-state index contributed by atoms with van der Waals surface area (Å²) in [5.74, 6) is 2.67. The fraction of sp³-hybridized carbons (Fsp3) is 0.600. The Morgan fingerprint density at radius 2 is 2.24 bits per heavy atom. The lowest BCUT2D eigenvalue weighted by Gasteiger charge is -2.34. The Morgan fingerprint density at radius 1 is 1.48 bits per heavy atom. The van der Waals surface area contributed by atoms with E-state index < -0.39 is 5.54 Å². The fourth-order valence-electron chi connectivity index (χ4n) is 2.96. The highest BCUT2D eigenvalue weighted by molar-refractivity contribution is 7.13. The minimum Gasteiger partial charge on any atom is -0.495 e. The number of aromatic nitrogens is 2. The zero-order valence-electron chi connectivity index (χ0n) is 12.5. The molecule has 0 amide bonds. The highest BCUT2D eigenvalue weighted by Gasteiger charge is 2.37. The first kappa shape index (κ1) is 14.5. The molecule has 1 aliphatic carbocycles. The van der Waals surface area contributed by atoms with Crippen molar-refractivity contribution in [3.63, 3.8) is 0 Å². The molecule has 0 aromatic carbocycles. The molecule has 114 valence electrons. The number of ether oxygens (including phenoxy) is 1. The minimum atomic E-state index is -0.447. The second-order valence-electron chi connectivity index (χ2n) is 5.75. The molecular weight excluding hydrogens is 286 g/mol. The quantitative estimate of drug-likeness (QED) is 0.934. The van der Waals surface area contributed by atoms with Crippen molar-refractivity contribution in [2.45, 2.75) is 44.6 Å². The third-order valence-electron chi connectivity index (χ3n) is 4.49. The van der Waals surface area contributed by atoms with Crippen molar-refractivity contribution in [1.29, 1.82) is 0 Å². The molecule has 0 radical (unpaired) electrons. The number of hydrogen-bond acceptors (Lipinski definition) is 6. The summed E-state index contributed by atoms with van der Waals surface area (Å²) in [5.41, 5.74) is 6.08. The molecule has 0 unspecified atom stereocenters. The van der Waals surface area contributed by atoms with E-state index in [4.69, 9.17) is 15.0 Å². The van der Waals surface area contributed by atoms with Crippen LogP contribution < -0.4 is 10.5 Å². The summed E-state index contributed by atoms with van der Waals surface area (Å²) < 4.78 is 10.7. The molecule has 2 aromatic heterocycles. The van der Waals surface area contributed by atoms with Crippen LogP contribution >= 0.6 is 11.3 Å². The molecular formula is C15H21N3O2S. The van der Waals surface area contributed by atoms with Gasteiger partial charge in [-0.1, -0.05) is 18.5 Å². The molecule has 2 aromatic rings. The van der Waals surface area contributed by atoms with Crippen LogP contribution in [-0.2, 0) is 5.54 Å². The monoisotopic (exact) mass is 307 g/mol. The molecule has 2 heterocycles. The summed E-state index contributed by atoms with van der Waals surface area (Å²) in [5, 5.41) is 6.08. The molecule has 3 rings (SSSR count). The molecule has 1 aliphatic rings. The second-order valence-corrected chi connectivity index (χ2v) is 6.67. The average molecular weight is 307 g/mol. The fourth-order valence-corrected chi connectivity index (χ4v) is 3.74. The highest BCUT2D eigenvalue weighted by Crippen LogP contribution is 2.39. The summed E-state index contributed by atoms with van der Waals surface area (Å²) in [7, 11) is 1.64. The molecule has 21 heavy (non-hydrogen) atoms. The van der Waals surface area contributed by atoms with Gasteiger partial charge in [0.15, 0.2) is 5.82 Å². The number of hydrogen-bond donors (Lipinski definition) is 1. The maximum absolute atomic E-state index is 6.52. The predicted molar refractivity (Wildman–Crippen MR) is 82.3 cm³/mol. The van der Waals surface area contributed by atoms with Gasteiger partial charge >= 0.3 is 0 Å². The van der Waals surface area contributed by atoms with Crippen LogP contribution in [0.15, 0.2) is 16.0 Å². The van der Waals surface area contributed by atoms with Crippen LogP contribution in [0.5, 0.6) is 5.75 Å². The molecule has 0 saturated heterocycles. The number of nitrogens with zero attached hydrogens (tertiary/aromatic N) is 2. The largest absolute Gasteiger partial charge is 0.495 e. The van der Waals surface area contributed by atoms with Crippen LogP contribution in [0, 0.1) is 5.92 Å². The Kier molecular flexibility index (Phi) is 3.99. The summed E-state index contributed by atoms with van der Waals surface area (Å²) in [6, 6.07) is 1.90. The van der Waals surface area contributed by atoms with Gasteiger partial charge in [0.2, 0.25) is 0 Å². The first-order chi connectivity index (χ1) is 10.2. The van der Waals surface area contributed by atoms with Crippen molar-refractivity contribution >= 4 is 11.3 Å². The van der Waals surface area contributed by atoms with Crippen molar-refractivity contribution in [2.24, 2.45) is 11.7 Å². The topological polar surface area (TPSA) is 74.2 Å². The van der Waals surface area contributed by atoms with Gasteiger partial charge in [0.1, 0.15) is 10.6 Å². The van der Waals surface area contributed by atoms with Gasteiger partial charge in [-0.2, -0.15) is 4.98 Å². The van der Waals surface area contributed by atoms with E-state index in [1.807, 2.05) is 11.4 Å². The normalized spacial score (nSPS) is 26.0. The van der Waals surface area contributed by atoms with E-state index in [0.29, 0.717) is 11.7 Å². The smallest absolute Gasteiger partial charge is 0.271 e. The zero-order valence-corrected chi connectivity index (χ0v) is 13.3. The van der Waals surface area contributed by atoms with E-state index in [-0.39, 0.29) is 0 Å². The zero-order chi connectivity index (χ0) is 14.9. The van der Waals surface area contributed by atoms with Crippen molar-refractivity contribution in [1.82, 2.24) is 10.1 Å². The van der Waals surface area contributed by atoms with Crippen molar-refractivity contribution in [3.05, 3.63) is 17.3 Å². The van der Waals surface area contributed by atoms with Gasteiger partial charge in [-0.3, -0.25) is 0 Å². The Hall–Kier alpha value is -1.40. The van der Waals surface area contributed by atoms with E-state index in [2.05, 4.69) is 17.1 Å². The Balaban J connectivity index is 1.82. The van der Waals surface area contributed by atoms with Gasteiger partial charge in [0, 0.05) is 0 Å². The van der Waals surface area contributed by atoms with E-state index in [9.17, 15) is 0 Å². The van der Waals surface area contributed by atoms with Gasteiger partial charge in [-0.05, 0) is 43.0 Å². The predicted octanol–water partition coefficient (Wildman–Crippen LogP) is 3.56. The highest BCUT2D eigenvalue weighted by atomic mass is 32.1. The van der Waals surface area contributed by atoms with Crippen LogP contribution in [0.2, 0.25) is 0 Å². The van der Waals surface area contributed by atoms with Gasteiger partial charge in [-0.15, -0.1) is 11.3 Å². The van der Waals surface area contributed by atoms with Gasteiger partial charge in [0.05, 0.1) is 12.6 Å². The lowest BCUT2D eigenvalue weighted by Crippen LogP contribution is -2.41. The molecule has 0 spiro atoms. The summed E-state index contributed by atoms with van der Waals surface area (Å²) >= 11 is 1.53. The molecule has 0 aliphatic heterocycles. The van der Waals surface area contributed by atoms with Crippen LogP contribution in [-0.4, -0.2) is 17.3 Å². The first-order valence-electron chi connectivity index (χ1n) is 7.41. The third kappa shape index (κ3) is 2.70. The van der Waals surface area contributed by atoms with Gasteiger partial charge < -0.3 is 15.0 Å². The summed E-state index contributed by atoms with van der Waals surface area (Å²) in [4.78, 5) is 5.40. The van der Waals surface area contributed by atoms with Crippen LogP contribution in [0.3, 0.4) is 0 Å². The van der Waals surface area contributed by atoms with Crippen molar-refractivity contribution in [3.8, 4) is 16.5 Å². The van der Waals surface area contributed by atoms with E-state index in [1.165, 1.54) is 17.8 Å². The Labute approximate surface area is 128 Å². The minimum absolute atomic E-state index is 0.447. The number of thiophene rings is 1. The number of methoxy groups -OCH3 is 1. The van der Waals surface area contributed by atoms with Crippen LogP contribution in [0.1, 0.15) is 44.9 Å². The van der Waals surface area contributed by atoms with Crippen LogP contribution in [0.4, 0.5) is 0 Å². The average Bonchev–Trinajstić information content (AvgIpc) is 3.16. The number of rotatable bonds is 4. The van der Waals surface area contributed by atoms with Crippen LogP contribution in [0.25, 0.3) is 10.8 Å². The van der Waals surface area contributed by atoms with Crippen molar-refractivity contribution < 1.29 is 9.26 Å². The number of nitrogens with two attached hydrogens (primary N) is 1. The third-order valence-corrected chi connectivity index (χ3v) is 5.37. The first-order valence-corrected chi connectivity index (χ1v) is 8.29. The molecule has 1 fully saturated rings. The SMILES string of the molecule is CCC1CCC(N)(c2noc(-c3sccc3OC)n2)CC1. The molecule has 5 nitrogen and oxygen atoms in total. The summed E-state index contributed by atoms with van der Waals surface area (Å²) in [6.45, 7) is 2.24. The van der Waals surface area contributed by atoms with Crippen molar-refractivity contribution in [2.75, 3.05) is 7.11 Å². The Morgan fingerprint density at radius 3 is 2.90 bits per heavy atom. The van der Waals surface area contributed by atoms with E-state index in [1.54, 1.807) is 7.11 Å². The maximum atomic E-state index is 6.52. The molecule has 1 saturated carbocycles. The summed E-state index contributed by atoms with van der Waals surface area (Å²) in [6.07, 6.45) is 5.34. The lowest BCUT2D eigenvalue weighted by atomic mass is 9.76. The standard InChI is InChI=1S/C15H21N3O2S/c1-3-10-4-7-15(16,8-5-10)14-17-13(20-18-14)12-11(19-2)6-9-21-12/h6,9-10H,3-5,7-8,16H2,1-2H3. The molecule has 2 N–H and O–H groups in total.